The average molecular weight is 320 g/mol. The molecule has 124 valence electrons. The lowest BCUT2D eigenvalue weighted by molar-refractivity contribution is -0.163. The second kappa shape index (κ2) is 7.68. The second-order valence-corrected chi connectivity index (χ2v) is 5.60. The molecule has 1 fully saturated rings. The molecule has 2 aromatic rings. The summed E-state index contributed by atoms with van der Waals surface area (Å²) >= 11 is 0. The Morgan fingerprint density at radius 1 is 1.35 bits per heavy atom. The largest absolute Gasteiger partial charge is 0.380 e. The zero-order valence-corrected chi connectivity index (χ0v) is 12.9. The smallest absolute Gasteiger partial charge is 0.157 e. The highest BCUT2D eigenvalue weighted by Gasteiger charge is 2.17. The van der Waals surface area contributed by atoms with Crippen LogP contribution < -0.4 is 0 Å². The molecule has 2 atom stereocenters. The van der Waals surface area contributed by atoms with Crippen molar-refractivity contribution in [3.8, 4) is 0 Å². The second-order valence-electron chi connectivity index (χ2n) is 5.60. The predicted octanol–water partition coefficient (Wildman–Crippen LogP) is 2.65. The van der Waals surface area contributed by atoms with Gasteiger partial charge < -0.3 is 19.1 Å². The monoisotopic (exact) mass is 320 g/mol. The lowest BCUT2D eigenvalue weighted by atomic mass is 10.1. The SMILES string of the molecule is O[C@@H](c1ccc(F)cc1)c1nccn1CCO[C@@H]1CCCCO1. The molecule has 0 aliphatic carbocycles. The van der Waals surface area contributed by atoms with E-state index in [0.29, 0.717) is 24.5 Å². The van der Waals surface area contributed by atoms with E-state index in [2.05, 4.69) is 4.98 Å². The number of ether oxygens (including phenoxy) is 2. The summed E-state index contributed by atoms with van der Waals surface area (Å²) in [6.45, 7) is 1.82. The van der Waals surface area contributed by atoms with Gasteiger partial charge in [-0.1, -0.05) is 12.1 Å². The van der Waals surface area contributed by atoms with Gasteiger partial charge in [0.25, 0.3) is 0 Å². The van der Waals surface area contributed by atoms with Crippen LogP contribution in [0.25, 0.3) is 0 Å². The van der Waals surface area contributed by atoms with E-state index in [4.69, 9.17) is 9.47 Å². The number of halogens is 1. The molecular weight excluding hydrogens is 299 g/mol. The van der Waals surface area contributed by atoms with Crippen molar-refractivity contribution in [3.05, 3.63) is 53.9 Å². The Hall–Kier alpha value is -1.76. The summed E-state index contributed by atoms with van der Waals surface area (Å²) in [4.78, 5) is 4.21. The first-order chi connectivity index (χ1) is 11.2. The maximum atomic E-state index is 13.0. The molecule has 1 saturated heterocycles. The van der Waals surface area contributed by atoms with E-state index in [9.17, 15) is 9.50 Å². The third-order valence-electron chi connectivity index (χ3n) is 3.95. The summed E-state index contributed by atoms with van der Waals surface area (Å²) in [5, 5.41) is 10.4. The van der Waals surface area contributed by atoms with Crippen LogP contribution in [0, 0.1) is 5.82 Å². The van der Waals surface area contributed by atoms with Gasteiger partial charge in [0.15, 0.2) is 6.29 Å². The highest BCUT2D eigenvalue weighted by molar-refractivity contribution is 5.23. The fourth-order valence-electron chi connectivity index (χ4n) is 2.68. The van der Waals surface area contributed by atoms with E-state index in [1.54, 1.807) is 24.5 Å². The fraction of sp³-hybridized carbons (Fsp3) is 0.471. The third-order valence-corrected chi connectivity index (χ3v) is 3.95. The zero-order valence-electron chi connectivity index (χ0n) is 12.9. The van der Waals surface area contributed by atoms with Crippen molar-refractivity contribution in [1.29, 1.82) is 0 Å². The van der Waals surface area contributed by atoms with Gasteiger partial charge in [0.05, 0.1) is 6.61 Å². The topological polar surface area (TPSA) is 56.5 Å². The molecule has 0 saturated carbocycles. The van der Waals surface area contributed by atoms with Gasteiger partial charge in [-0.15, -0.1) is 0 Å². The number of aliphatic hydroxyl groups excluding tert-OH is 1. The first-order valence-electron chi connectivity index (χ1n) is 7.92. The van der Waals surface area contributed by atoms with E-state index in [1.165, 1.54) is 12.1 Å². The molecule has 3 rings (SSSR count). The number of hydrogen-bond acceptors (Lipinski definition) is 4. The van der Waals surface area contributed by atoms with Crippen LogP contribution in [0.1, 0.15) is 36.8 Å². The lowest BCUT2D eigenvalue weighted by Crippen LogP contribution is -2.24. The van der Waals surface area contributed by atoms with Gasteiger partial charge >= 0.3 is 0 Å². The highest BCUT2D eigenvalue weighted by Crippen LogP contribution is 2.21. The van der Waals surface area contributed by atoms with Crippen molar-refractivity contribution < 1.29 is 19.0 Å². The van der Waals surface area contributed by atoms with Crippen molar-refractivity contribution in [2.45, 2.75) is 38.2 Å². The maximum Gasteiger partial charge on any atom is 0.157 e. The van der Waals surface area contributed by atoms with Gasteiger partial charge in [-0.2, -0.15) is 0 Å². The molecule has 1 aliphatic heterocycles. The van der Waals surface area contributed by atoms with Crippen LogP contribution in [0.5, 0.6) is 0 Å². The number of nitrogens with zero attached hydrogens (tertiary/aromatic N) is 2. The number of aliphatic hydroxyl groups is 1. The highest BCUT2D eigenvalue weighted by atomic mass is 19.1. The van der Waals surface area contributed by atoms with E-state index >= 15 is 0 Å². The van der Waals surface area contributed by atoms with E-state index in [-0.39, 0.29) is 12.1 Å². The molecule has 5 nitrogen and oxygen atoms in total. The van der Waals surface area contributed by atoms with Crippen molar-refractivity contribution >= 4 is 0 Å². The number of benzene rings is 1. The fourth-order valence-corrected chi connectivity index (χ4v) is 2.68. The zero-order chi connectivity index (χ0) is 16.1. The van der Waals surface area contributed by atoms with Crippen LogP contribution in [0.2, 0.25) is 0 Å². The van der Waals surface area contributed by atoms with Crippen molar-refractivity contribution in [1.82, 2.24) is 9.55 Å². The molecular formula is C17H21FN2O3. The molecule has 1 aromatic heterocycles. The standard InChI is InChI=1S/C17H21FN2O3/c18-14-6-4-13(5-7-14)16(21)17-19-8-9-20(17)10-12-23-15-3-1-2-11-22-15/h4-9,15-16,21H,1-3,10-12H2/t15-,16+/m1/s1. The number of imidazole rings is 1. The summed E-state index contributed by atoms with van der Waals surface area (Å²) in [6, 6.07) is 5.78. The Labute approximate surface area is 134 Å². The Balaban J connectivity index is 1.59. The molecule has 0 amide bonds. The molecule has 0 unspecified atom stereocenters. The van der Waals surface area contributed by atoms with Crippen molar-refractivity contribution in [3.63, 3.8) is 0 Å². The van der Waals surface area contributed by atoms with Crippen LogP contribution >= 0.6 is 0 Å². The number of aromatic nitrogens is 2. The van der Waals surface area contributed by atoms with Gasteiger partial charge in [-0.3, -0.25) is 0 Å². The molecule has 1 aromatic carbocycles. The number of hydrogen-bond donors (Lipinski definition) is 1. The minimum absolute atomic E-state index is 0.127. The molecule has 0 spiro atoms. The molecule has 0 bridgehead atoms. The first kappa shape index (κ1) is 16.1. The van der Waals surface area contributed by atoms with Crippen molar-refractivity contribution in [2.24, 2.45) is 0 Å². The van der Waals surface area contributed by atoms with Gasteiger partial charge in [-0.25, -0.2) is 9.37 Å². The predicted molar refractivity (Wildman–Crippen MR) is 82.2 cm³/mol. The lowest BCUT2D eigenvalue weighted by Gasteiger charge is -2.23. The summed E-state index contributed by atoms with van der Waals surface area (Å²) < 4.78 is 26.1. The van der Waals surface area contributed by atoms with Crippen LogP contribution in [0.3, 0.4) is 0 Å². The Morgan fingerprint density at radius 3 is 2.91 bits per heavy atom. The van der Waals surface area contributed by atoms with Gasteiger partial charge in [0.2, 0.25) is 0 Å². The van der Waals surface area contributed by atoms with E-state index in [1.807, 2.05) is 4.57 Å². The third kappa shape index (κ3) is 4.16. The molecule has 6 heteroatoms. The Morgan fingerprint density at radius 2 is 2.17 bits per heavy atom. The maximum absolute atomic E-state index is 13.0. The van der Waals surface area contributed by atoms with Crippen LogP contribution in [0.4, 0.5) is 4.39 Å². The average Bonchev–Trinajstić information content (AvgIpc) is 3.04. The summed E-state index contributed by atoms with van der Waals surface area (Å²) in [5.74, 6) is 0.190. The minimum Gasteiger partial charge on any atom is -0.380 e. The minimum atomic E-state index is -0.892. The van der Waals surface area contributed by atoms with Gasteiger partial charge in [-0.05, 0) is 37.0 Å². The normalized spacial score (nSPS) is 19.7. The van der Waals surface area contributed by atoms with E-state index < -0.39 is 6.10 Å². The Kier molecular flexibility index (Phi) is 5.38. The molecule has 23 heavy (non-hydrogen) atoms. The van der Waals surface area contributed by atoms with Gasteiger partial charge in [0, 0.05) is 25.5 Å². The van der Waals surface area contributed by atoms with Gasteiger partial charge in [0.1, 0.15) is 17.7 Å². The molecule has 1 aliphatic rings. The molecule has 0 radical (unpaired) electrons. The van der Waals surface area contributed by atoms with E-state index in [0.717, 1.165) is 25.9 Å². The van der Waals surface area contributed by atoms with Crippen LogP contribution in [-0.2, 0) is 16.0 Å². The summed E-state index contributed by atoms with van der Waals surface area (Å²) in [5.41, 5.74) is 0.607. The Bertz CT molecular complexity index is 609. The molecule has 1 N–H and O–H groups in total. The number of rotatable bonds is 6. The quantitative estimate of drug-likeness (QED) is 0.889. The summed E-state index contributed by atoms with van der Waals surface area (Å²) in [6.07, 6.45) is 5.57. The first-order valence-corrected chi connectivity index (χ1v) is 7.92. The molecule has 2 heterocycles. The summed E-state index contributed by atoms with van der Waals surface area (Å²) in [7, 11) is 0. The van der Waals surface area contributed by atoms with Crippen molar-refractivity contribution in [2.75, 3.05) is 13.2 Å². The van der Waals surface area contributed by atoms with Crippen LogP contribution in [0.15, 0.2) is 36.7 Å². The van der Waals surface area contributed by atoms with Crippen LogP contribution in [-0.4, -0.2) is 34.2 Å².